The molecule has 33 heavy (non-hydrogen) atoms. The van der Waals surface area contributed by atoms with Crippen LogP contribution in [0.1, 0.15) is 28.7 Å². The van der Waals surface area contributed by atoms with E-state index in [2.05, 4.69) is 0 Å². The number of hydrogen-bond acceptors (Lipinski definition) is 3. The predicted octanol–water partition coefficient (Wildman–Crippen LogP) is 5.32. The van der Waals surface area contributed by atoms with Gasteiger partial charge in [-0.25, -0.2) is 13.7 Å². The maximum Gasteiger partial charge on any atom is 0.282 e. The third-order valence-corrected chi connectivity index (χ3v) is 6.25. The summed E-state index contributed by atoms with van der Waals surface area (Å²) in [6.45, 7) is 4.43. The Kier molecular flexibility index (Phi) is 5.08. The van der Waals surface area contributed by atoms with Crippen LogP contribution >= 0.6 is 0 Å². The number of halogens is 2. The van der Waals surface area contributed by atoms with E-state index in [-0.39, 0.29) is 17.0 Å². The molecule has 0 N–H and O–H groups in total. The summed E-state index contributed by atoms with van der Waals surface area (Å²) < 4.78 is 27.6. The van der Waals surface area contributed by atoms with Crippen molar-refractivity contribution >= 4 is 28.8 Å². The van der Waals surface area contributed by atoms with E-state index < -0.39 is 23.4 Å². The zero-order chi connectivity index (χ0) is 23.3. The summed E-state index contributed by atoms with van der Waals surface area (Å²) in [5.74, 6) is -3.24. The average Bonchev–Trinajstić information content (AvgIpc) is 3.05. The van der Waals surface area contributed by atoms with Gasteiger partial charge in [0.05, 0.1) is 11.3 Å². The molecule has 5 rings (SSSR count). The summed E-state index contributed by atoms with van der Waals surface area (Å²) in [5.41, 5.74) is 5.09. The van der Waals surface area contributed by atoms with Crippen LogP contribution in [0.4, 0.5) is 20.2 Å². The lowest BCUT2D eigenvalue weighted by Gasteiger charge is -2.32. The van der Waals surface area contributed by atoms with Crippen LogP contribution in [-0.2, 0) is 16.0 Å². The van der Waals surface area contributed by atoms with Crippen LogP contribution in [0.5, 0.6) is 0 Å². The Morgan fingerprint density at radius 2 is 1.64 bits per heavy atom. The van der Waals surface area contributed by atoms with Gasteiger partial charge in [-0.2, -0.15) is 0 Å². The fourth-order valence-corrected chi connectivity index (χ4v) is 4.73. The third-order valence-electron chi connectivity index (χ3n) is 6.25. The van der Waals surface area contributed by atoms with Crippen LogP contribution < -0.4 is 9.80 Å². The minimum Gasteiger partial charge on any atom is -0.336 e. The summed E-state index contributed by atoms with van der Waals surface area (Å²) >= 11 is 0. The molecule has 0 unspecified atom stereocenters. The van der Waals surface area contributed by atoms with E-state index in [1.54, 1.807) is 0 Å². The molecule has 2 aliphatic heterocycles. The number of hydrogen-bond donors (Lipinski definition) is 0. The number of carbonyl (C=O) groups is 2. The molecule has 2 amide bonds. The molecule has 0 aliphatic carbocycles. The van der Waals surface area contributed by atoms with Gasteiger partial charge in [-0.3, -0.25) is 9.59 Å². The summed E-state index contributed by atoms with van der Waals surface area (Å²) in [4.78, 5) is 30.3. The second kappa shape index (κ2) is 7.96. The first-order chi connectivity index (χ1) is 15.9. The molecular weight excluding hydrogens is 422 g/mol. The molecule has 2 heterocycles. The van der Waals surface area contributed by atoms with Gasteiger partial charge in [-0.1, -0.05) is 42.0 Å². The first-order valence-corrected chi connectivity index (χ1v) is 10.9. The van der Waals surface area contributed by atoms with E-state index >= 15 is 0 Å². The van der Waals surface area contributed by atoms with Gasteiger partial charge >= 0.3 is 0 Å². The van der Waals surface area contributed by atoms with E-state index in [0.717, 1.165) is 52.3 Å². The molecule has 0 atom stereocenters. The average molecular weight is 444 g/mol. The molecule has 0 spiro atoms. The number of carbonyl (C=O) groups excluding carboxylic acids is 2. The largest absolute Gasteiger partial charge is 0.336 e. The van der Waals surface area contributed by atoms with Crippen LogP contribution in [-0.4, -0.2) is 18.4 Å². The van der Waals surface area contributed by atoms with Crippen LogP contribution in [0.2, 0.25) is 0 Å². The standard InChI is InChI=1S/C27H22F2N2O2/c1-16-9-11-20(17(2)14-16)24-25(30-13-5-7-18-6-3-4-8-23(18)30)27(33)31(26(24)32)19-10-12-21(28)22(29)15-19/h3-4,6,8-12,14-15H,5,7,13H2,1-2H3. The van der Waals surface area contributed by atoms with Crippen molar-refractivity contribution in [3.8, 4) is 0 Å². The van der Waals surface area contributed by atoms with E-state index in [9.17, 15) is 18.4 Å². The number of para-hydroxylation sites is 1. The second-order valence-electron chi connectivity index (χ2n) is 8.47. The Labute approximate surface area is 190 Å². The van der Waals surface area contributed by atoms with Crippen molar-refractivity contribution in [3.63, 3.8) is 0 Å². The highest BCUT2D eigenvalue weighted by Gasteiger charge is 2.44. The van der Waals surface area contributed by atoms with Gasteiger partial charge in [0.25, 0.3) is 11.8 Å². The number of fused-ring (bicyclic) bond motifs is 1. The van der Waals surface area contributed by atoms with E-state index in [4.69, 9.17) is 0 Å². The molecular formula is C27H22F2N2O2. The van der Waals surface area contributed by atoms with Gasteiger partial charge in [0.2, 0.25) is 0 Å². The van der Waals surface area contributed by atoms with Gasteiger partial charge < -0.3 is 4.90 Å². The fourth-order valence-electron chi connectivity index (χ4n) is 4.73. The van der Waals surface area contributed by atoms with Crippen molar-refractivity contribution in [1.29, 1.82) is 0 Å². The lowest BCUT2D eigenvalue weighted by Crippen LogP contribution is -2.37. The molecule has 0 saturated carbocycles. The first-order valence-electron chi connectivity index (χ1n) is 10.9. The molecule has 6 heteroatoms. The Morgan fingerprint density at radius 3 is 2.39 bits per heavy atom. The highest BCUT2D eigenvalue weighted by atomic mass is 19.2. The zero-order valence-corrected chi connectivity index (χ0v) is 18.4. The first kappa shape index (κ1) is 21.1. The monoisotopic (exact) mass is 444 g/mol. The minimum absolute atomic E-state index is 0.00598. The smallest absolute Gasteiger partial charge is 0.282 e. The predicted molar refractivity (Wildman–Crippen MR) is 124 cm³/mol. The summed E-state index contributed by atoms with van der Waals surface area (Å²) in [7, 11) is 0. The molecule has 3 aromatic carbocycles. The molecule has 0 bridgehead atoms. The Morgan fingerprint density at radius 1 is 0.848 bits per heavy atom. The minimum atomic E-state index is -1.11. The lowest BCUT2D eigenvalue weighted by atomic mass is 9.95. The fraction of sp³-hybridized carbons (Fsp3) is 0.185. The van der Waals surface area contributed by atoms with Crippen molar-refractivity contribution in [2.24, 2.45) is 0 Å². The van der Waals surface area contributed by atoms with Gasteiger partial charge in [0, 0.05) is 18.3 Å². The Balaban J connectivity index is 1.73. The summed E-state index contributed by atoms with van der Waals surface area (Å²) in [5, 5.41) is 0. The second-order valence-corrected chi connectivity index (χ2v) is 8.47. The van der Waals surface area contributed by atoms with Crippen molar-refractivity contribution in [3.05, 3.63) is 100 Å². The van der Waals surface area contributed by atoms with E-state index in [1.807, 2.05) is 61.2 Å². The number of amides is 2. The number of imide groups is 1. The highest BCUT2D eigenvalue weighted by molar-refractivity contribution is 6.46. The van der Waals surface area contributed by atoms with Gasteiger partial charge in [0.15, 0.2) is 11.6 Å². The van der Waals surface area contributed by atoms with Crippen molar-refractivity contribution in [2.75, 3.05) is 16.3 Å². The molecule has 2 aliphatic rings. The summed E-state index contributed by atoms with van der Waals surface area (Å²) in [6.07, 6.45) is 1.71. The van der Waals surface area contributed by atoms with Crippen LogP contribution in [0.3, 0.4) is 0 Å². The molecule has 4 nitrogen and oxygen atoms in total. The normalized spacial score (nSPS) is 16.0. The Bertz CT molecular complexity index is 1350. The van der Waals surface area contributed by atoms with Crippen LogP contribution in [0, 0.1) is 25.5 Å². The number of aryl methyl sites for hydroxylation is 3. The number of rotatable bonds is 3. The number of anilines is 2. The van der Waals surface area contributed by atoms with Crippen molar-refractivity contribution in [2.45, 2.75) is 26.7 Å². The SMILES string of the molecule is Cc1ccc(C2=C(N3CCCc4ccccc43)C(=O)N(c3ccc(F)c(F)c3)C2=O)c(C)c1. The Hall–Kier alpha value is -3.80. The third kappa shape index (κ3) is 3.42. The number of nitrogens with zero attached hydrogens (tertiary/aromatic N) is 2. The van der Waals surface area contributed by atoms with E-state index in [0.29, 0.717) is 12.1 Å². The molecule has 0 aromatic heterocycles. The van der Waals surface area contributed by atoms with Gasteiger partial charge in [-0.05, 0) is 61.6 Å². The maximum absolute atomic E-state index is 14.0. The maximum atomic E-state index is 14.0. The lowest BCUT2D eigenvalue weighted by molar-refractivity contribution is -0.120. The molecule has 0 saturated heterocycles. The molecule has 166 valence electrons. The van der Waals surface area contributed by atoms with Crippen LogP contribution in [0.15, 0.2) is 66.4 Å². The van der Waals surface area contributed by atoms with Crippen LogP contribution in [0.25, 0.3) is 5.57 Å². The van der Waals surface area contributed by atoms with Crippen molar-refractivity contribution < 1.29 is 18.4 Å². The topological polar surface area (TPSA) is 40.6 Å². The number of benzene rings is 3. The molecule has 0 radical (unpaired) electrons. The van der Waals surface area contributed by atoms with E-state index in [1.165, 1.54) is 6.07 Å². The van der Waals surface area contributed by atoms with Crippen molar-refractivity contribution in [1.82, 2.24) is 0 Å². The van der Waals surface area contributed by atoms with Gasteiger partial charge in [0.1, 0.15) is 5.70 Å². The highest BCUT2D eigenvalue weighted by Crippen LogP contribution is 2.40. The quantitative estimate of drug-likeness (QED) is 0.514. The van der Waals surface area contributed by atoms with Gasteiger partial charge in [-0.15, -0.1) is 0 Å². The molecule has 3 aromatic rings. The molecule has 0 fully saturated rings. The zero-order valence-electron chi connectivity index (χ0n) is 18.4. The summed E-state index contributed by atoms with van der Waals surface area (Å²) in [6, 6.07) is 16.6.